The highest BCUT2D eigenvalue weighted by molar-refractivity contribution is 5.56. The van der Waals surface area contributed by atoms with Gasteiger partial charge in [-0.25, -0.2) is 13.8 Å². The number of nitrogens with zero attached hydrogens (tertiary/aromatic N) is 5. The van der Waals surface area contributed by atoms with Crippen molar-refractivity contribution in [2.45, 2.75) is 19.6 Å². The van der Waals surface area contributed by atoms with E-state index in [-0.39, 0.29) is 12.4 Å². The molecule has 1 aliphatic heterocycles. The molecule has 0 radical (unpaired) electrons. The zero-order chi connectivity index (χ0) is 19.6. The molecular formula is C20H17FN6O2. The van der Waals surface area contributed by atoms with E-state index in [9.17, 15) is 4.39 Å². The number of benzene rings is 1. The Kier molecular flexibility index (Phi) is 4.39. The van der Waals surface area contributed by atoms with Crippen LogP contribution in [0.2, 0.25) is 0 Å². The highest BCUT2D eigenvalue weighted by Gasteiger charge is 2.20. The lowest BCUT2D eigenvalue weighted by atomic mass is 10.0. The summed E-state index contributed by atoms with van der Waals surface area (Å²) in [5.74, 6) is 1.45. The molecular weight excluding hydrogens is 375 g/mol. The van der Waals surface area contributed by atoms with E-state index >= 15 is 0 Å². The van der Waals surface area contributed by atoms with Crippen LogP contribution in [-0.4, -0.2) is 31.2 Å². The van der Waals surface area contributed by atoms with Crippen LogP contribution in [-0.2, 0) is 19.6 Å². The number of hydrogen-bond donors (Lipinski definition) is 1. The number of fused-ring (bicyclic) bond motifs is 2. The predicted molar refractivity (Wildman–Crippen MR) is 102 cm³/mol. The SMILES string of the molecule is Fc1ccc2c(c1CNc1ncc(OCc3ccccn3)c3nncn13)CCO2. The van der Waals surface area contributed by atoms with Gasteiger partial charge in [-0.1, -0.05) is 6.07 Å². The predicted octanol–water partition coefficient (Wildman–Crippen LogP) is 2.78. The van der Waals surface area contributed by atoms with Crippen LogP contribution in [0.3, 0.4) is 0 Å². The number of pyridine rings is 1. The normalized spacial score (nSPS) is 12.6. The maximum absolute atomic E-state index is 14.4. The summed E-state index contributed by atoms with van der Waals surface area (Å²) in [6.07, 6.45) is 5.51. The second-order valence-electron chi connectivity index (χ2n) is 6.53. The van der Waals surface area contributed by atoms with Crippen LogP contribution in [0.4, 0.5) is 10.3 Å². The highest BCUT2D eigenvalue weighted by Crippen LogP contribution is 2.30. The molecule has 1 aliphatic rings. The monoisotopic (exact) mass is 392 g/mol. The first-order valence-electron chi connectivity index (χ1n) is 9.18. The van der Waals surface area contributed by atoms with Crippen molar-refractivity contribution in [2.24, 2.45) is 0 Å². The summed E-state index contributed by atoms with van der Waals surface area (Å²) in [5, 5.41) is 11.2. The van der Waals surface area contributed by atoms with Crippen molar-refractivity contribution in [1.82, 2.24) is 24.6 Å². The van der Waals surface area contributed by atoms with Crippen molar-refractivity contribution in [3.63, 3.8) is 0 Å². The van der Waals surface area contributed by atoms with Gasteiger partial charge in [0, 0.05) is 30.3 Å². The molecule has 4 aromatic rings. The second kappa shape index (κ2) is 7.34. The first-order chi connectivity index (χ1) is 14.3. The van der Waals surface area contributed by atoms with E-state index in [2.05, 4.69) is 25.5 Å². The summed E-state index contributed by atoms with van der Waals surface area (Å²) in [6.45, 7) is 1.13. The van der Waals surface area contributed by atoms with Gasteiger partial charge in [-0.2, -0.15) is 0 Å². The Bertz CT molecular complexity index is 1160. The molecule has 0 saturated heterocycles. The molecule has 4 heterocycles. The van der Waals surface area contributed by atoms with Gasteiger partial charge in [-0.05, 0) is 24.3 Å². The molecule has 29 heavy (non-hydrogen) atoms. The largest absolute Gasteiger partial charge is 0.493 e. The van der Waals surface area contributed by atoms with Crippen molar-refractivity contribution in [3.05, 3.63) is 71.7 Å². The highest BCUT2D eigenvalue weighted by atomic mass is 19.1. The number of nitrogens with one attached hydrogen (secondary N) is 1. The molecule has 9 heteroatoms. The van der Waals surface area contributed by atoms with Gasteiger partial charge in [0.25, 0.3) is 0 Å². The summed E-state index contributed by atoms with van der Waals surface area (Å²) in [5.41, 5.74) is 2.79. The molecule has 0 spiro atoms. The Hall–Kier alpha value is -3.75. The van der Waals surface area contributed by atoms with E-state index in [0.717, 1.165) is 17.0 Å². The number of aromatic nitrogens is 5. The van der Waals surface area contributed by atoms with Crippen molar-refractivity contribution >= 4 is 11.6 Å². The summed E-state index contributed by atoms with van der Waals surface area (Å²) >= 11 is 0. The number of anilines is 1. The summed E-state index contributed by atoms with van der Waals surface area (Å²) in [6, 6.07) is 8.72. The average Bonchev–Trinajstić information content (AvgIpc) is 3.42. The lowest BCUT2D eigenvalue weighted by Gasteiger charge is -2.12. The van der Waals surface area contributed by atoms with Gasteiger partial charge in [0.05, 0.1) is 18.5 Å². The Morgan fingerprint density at radius 1 is 1.21 bits per heavy atom. The van der Waals surface area contributed by atoms with E-state index in [4.69, 9.17) is 9.47 Å². The maximum Gasteiger partial charge on any atom is 0.210 e. The standard InChI is InChI=1S/C20H17FN6O2/c21-16-4-5-17-14(6-8-28-17)15(16)9-23-20-24-10-18(19-26-25-12-27(19)20)29-11-13-3-1-2-7-22-13/h1-5,7,10,12H,6,8-9,11H2,(H,23,24). The van der Waals surface area contributed by atoms with Crippen molar-refractivity contribution in [1.29, 1.82) is 0 Å². The van der Waals surface area contributed by atoms with Gasteiger partial charge in [0.2, 0.25) is 11.6 Å². The quantitative estimate of drug-likeness (QED) is 0.540. The summed E-state index contributed by atoms with van der Waals surface area (Å²) in [4.78, 5) is 8.63. The number of ether oxygens (including phenoxy) is 2. The van der Waals surface area contributed by atoms with Gasteiger partial charge < -0.3 is 14.8 Å². The van der Waals surface area contributed by atoms with Gasteiger partial charge in [-0.3, -0.25) is 4.98 Å². The Morgan fingerprint density at radius 2 is 2.17 bits per heavy atom. The molecule has 1 aromatic carbocycles. The van der Waals surface area contributed by atoms with Gasteiger partial charge in [0.15, 0.2) is 5.75 Å². The van der Waals surface area contributed by atoms with Crippen LogP contribution in [0, 0.1) is 5.82 Å². The molecule has 0 aliphatic carbocycles. The summed E-state index contributed by atoms with van der Waals surface area (Å²) < 4.78 is 27.4. The van der Waals surface area contributed by atoms with Crippen molar-refractivity contribution in [3.8, 4) is 11.5 Å². The molecule has 0 amide bonds. The molecule has 146 valence electrons. The maximum atomic E-state index is 14.4. The lowest BCUT2D eigenvalue weighted by molar-refractivity contribution is 0.302. The van der Waals surface area contributed by atoms with Crippen molar-refractivity contribution < 1.29 is 13.9 Å². The minimum atomic E-state index is -0.267. The lowest BCUT2D eigenvalue weighted by Crippen LogP contribution is -2.10. The molecule has 0 fully saturated rings. The smallest absolute Gasteiger partial charge is 0.210 e. The number of halogens is 1. The van der Waals surface area contributed by atoms with Gasteiger partial charge in [0.1, 0.15) is 24.5 Å². The third-order valence-electron chi connectivity index (χ3n) is 4.77. The fourth-order valence-electron chi connectivity index (χ4n) is 3.34. The Labute approximate surface area is 165 Å². The second-order valence-corrected chi connectivity index (χ2v) is 6.53. The zero-order valence-corrected chi connectivity index (χ0v) is 15.4. The van der Waals surface area contributed by atoms with Crippen LogP contribution in [0.1, 0.15) is 16.8 Å². The van der Waals surface area contributed by atoms with Crippen LogP contribution < -0.4 is 14.8 Å². The van der Waals surface area contributed by atoms with E-state index < -0.39 is 0 Å². The molecule has 8 nitrogen and oxygen atoms in total. The zero-order valence-electron chi connectivity index (χ0n) is 15.4. The van der Waals surface area contributed by atoms with E-state index in [1.54, 1.807) is 22.9 Å². The minimum Gasteiger partial charge on any atom is -0.493 e. The molecule has 0 bridgehead atoms. The average molecular weight is 392 g/mol. The molecule has 1 N–H and O–H groups in total. The van der Waals surface area contributed by atoms with Crippen LogP contribution in [0.25, 0.3) is 5.65 Å². The summed E-state index contributed by atoms with van der Waals surface area (Å²) in [7, 11) is 0. The Morgan fingerprint density at radius 3 is 3.07 bits per heavy atom. The van der Waals surface area contributed by atoms with E-state index in [1.165, 1.54) is 12.4 Å². The first kappa shape index (κ1) is 17.4. The fraction of sp³-hybridized carbons (Fsp3) is 0.200. The third kappa shape index (κ3) is 3.31. The van der Waals surface area contributed by atoms with Crippen molar-refractivity contribution in [2.75, 3.05) is 11.9 Å². The molecule has 0 saturated carbocycles. The molecule has 5 rings (SSSR count). The van der Waals surface area contributed by atoms with Gasteiger partial charge in [-0.15, -0.1) is 10.2 Å². The number of hydrogen-bond acceptors (Lipinski definition) is 7. The fourth-order valence-corrected chi connectivity index (χ4v) is 3.34. The van der Waals surface area contributed by atoms with E-state index in [0.29, 0.717) is 42.5 Å². The Balaban J connectivity index is 1.37. The minimum absolute atomic E-state index is 0.267. The third-order valence-corrected chi connectivity index (χ3v) is 4.77. The molecule has 0 atom stereocenters. The first-order valence-corrected chi connectivity index (χ1v) is 9.18. The van der Waals surface area contributed by atoms with Crippen LogP contribution in [0.15, 0.2) is 49.1 Å². The molecule has 0 unspecified atom stereocenters. The topological polar surface area (TPSA) is 86.5 Å². The molecule has 3 aromatic heterocycles. The van der Waals surface area contributed by atoms with Gasteiger partial charge >= 0.3 is 0 Å². The van der Waals surface area contributed by atoms with Crippen LogP contribution in [0.5, 0.6) is 11.5 Å². The van der Waals surface area contributed by atoms with Crippen LogP contribution >= 0.6 is 0 Å². The number of rotatable bonds is 6. The van der Waals surface area contributed by atoms with E-state index in [1.807, 2.05) is 18.2 Å².